The molecule has 1 saturated heterocycles. The molecule has 0 bridgehead atoms. The Morgan fingerprint density at radius 3 is 2.73 bits per heavy atom. The van der Waals surface area contributed by atoms with Gasteiger partial charge in [0.15, 0.2) is 0 Å². The van der Waals surface area contributed by atoms with Gasteiger partial charge in [-0.1, -0.05) is 18.2 Å². The van der Waals surface area contributed by atoms with E-state index in [0.717, 1.165) is 30.2 Å². The minimum absolute atomic E-state index is 0.133. The maximum atomic E-state index is 12.4. The Morgan fingerprint density at radius 1 is 1.12 bits per heavy atom. The quantitative estimate of drug-likeness (QED) is 0.771. The zero-order chi connectivity index (χ0) is 17.8. The fourth-order valence-electron chi connectivity index (χ4n) is 3.14. The second-order valence-corrected chi connectivity index (χ2v) is 6.41. The van der Waals surface area contributed by atoms with Crippen molar-refractivity contribution in [1.82, 2.24) is 20.1 Å². The van der Waals surface area contributed by atoms with Crippen LogP contribution in [0.5, 0.6) is 0 Å². The van der Waals surface area contributed by atoms with Gasteiger partial charge in [-0.05, 0) is 42.7 Å². The van der Waals surface area contributed by atoms with Crippen LogP contribution in [0.4, 0.5) is 5.82 Å². The van der Waals surface area contributed by atoms with E-state index in [1.807, 2.05) is 42.6 Å². The maximum Gasteiger partial charge on any atom is 0.254 e. The minimum Gasteiger partial charge on any atom is -0.357 e. The number of carbonyl (C=O) groups excluding carboxylic acids is 1. The molecule has 1 fully saturated rings. The van der Waals surface area contributed by atoms with Gasteiger partial charge < -0.3 is 10.2 Å². The summed E-state index contributed by atoms with van der Waals surface area (Å²) in [4.78, 5) is 19.1. The molecule has 6 heteroatoms. The molecule has 1 aromatic carbocycles. The monoisotopic (exact) mass is 347 g/mol. The van der Waals surface area contributed by atoms with Crippen LogP contribution in [0.3, 0.4) is 0 Å². The third-order valence-corrected chi connectivity index (χ3v) is 4.56. The highest BCUT2D eigenvalue weighted by molar-refractivity contribution is 5.93. The largest absolute Gasteiger partial charge is 0.357 e. The molecule has 6 nitrogen and oxygen atoms in total. The number of para-hydroxylation sites is 1. The van der Waals surface area contributed by atoms with Gasteiger partial charge in [0.2, 0.25) is 0 Å². The van der Waals surface area contributed by atoms with Crippen LogP contribution in [0.2, 0.25) is 0 Å². The summed E-state index contributed by atoms with van der Waals surface area (Å²) < 4.78 is 1.70. The second-order valence-electron chi connectivity index (χ2n) is 6.41. The molecule has 0 spiro atoms. The van der Waals surface area contributed by atoms with Gasteiger partial charge in [-0.2, -0.15) is 5.10 Å². The smallest absolute Gasteiger partial charge is 0.254 e. The number of hydrogen-bond acceptors (Lipinski definition) is 4. The number of anilines is 1. The summed E-state index contributed by atoms with van der Waals surface area (Å²) in [6.07, 6.45) is 7.57. The molecule has 0 saturated carbocycles. The van der Waals surface area contributed by atoms with Gasteiger partial charge in [-0.15, -0.1) is 0 Å². The summed E-state index contributed by atoms with van der Waals surface area (Å²) in [5, 5.41) is 7.23. The molecule has 0 atom stereocenters. The lowest BCUT2D eigenvalue weighted by atomic mass is 10.2. The Morgan fingerprint density at radius 2 is 1.92 bits per heavy atom. The Bertz CT molecular complexity index is 884. The third kappa shape index (κ3) is 3.59. The first-order chi connectivity index (χ1) is 12.8. The topological polar surface area (TPSA) is 63.1 Å². The third-order valence-electron chi connectivity index (χ3n) is 4.56. The molecule has 3 heterocycles. The highest BCUT2D eigenvalue weighted by Gasteiger charge is 2.14. The van der Waals surface area contributed by atoms with E-state index in [9.17, 15) is 4.79 Å². The molecule has 1 amide bonds. The molecular weight excluding hydrogens is 326 g/mol. The zero-order valence-electron chi connectivity index (χ0n) is 14.5. The summed E-state index contributed by atoms with van der Waals surface area (Å²) in [6, 6.07) is 13.7. The molecule has 3 aromatic rings. The van der Waals surface area contributed by atoms with Crippen molar-refractivity contribution in [3.8, 4) is 5.69 Å². The lowest BCUT2D eigenvalue weighted by Gasteiger charge is -2.16. The van der Waals surface area contributed by atoms with Gasteiger partial charge in [-0.25, -0.2) is 9.67 Å². The number of carbonyl (C=O) groups is 1. The van der Waals surface area contributed by atoms with Crippen LogP contribution in [0.25, 0.3) is 5.69 Å². The fraction of sp³-hybridized carbons (Fsp3) is 0.250. The van der Waals surface area contributed by atoms with Crippen molar-refractivity contribution in [1.29, 1.82) is 0 Å². The van der Waals surface area contributed by atoms with E-state index in [1.54, 1.807) is 17.1 Å². The van der Waals surface area contributed by atoms with Gasteiger partial charge in [0.05, 0.1) is 17.4 Å². The highest BCUT2D eigenvalue weighted by atomic mass is 16.1. The number of hydrogen-bond donors (Lipinski definition) is 1. The highest BCUT2D eigenvalue weighted by Crippen LogP contribution is 2.18. The first-order valence-electron chi connectivity index (χ1n) is 8.88. The van der Waals surface area contributed by atoms with Gasteiger partial charge in [-0.3, -0.25) is 4.79 Å². The number of amides is 1. The summed E-state index contributed by atoms with van der Waals surface area (Å²) >= 11 is 0. The second kappa shape index (κ2) is 7.39. The molecule has 0 radical (unpaired) electrons. The molecule has 0 unspecified atom stereocenters. The van der Waals surface area contributed by atoms with Crippen molar-refractivity contribution in [2.75, 3.05) is 18.0 Å². The van der Waals surface area contributed by atoms with Crippen molar-refractivity contribution in [2.45, 2.75) is 19.4 Å². The number of pyridine rings is 1. The Hall–Kier alpha value is -3.15. The predicted molar refractivity (Wildman–Crippen MR) is 100 cm³/mol. The summed E-state index contributed by atoms with van der Waals surface area (Å²) in [5.74, 6) is 0.859. The van der Waals surface area contributed by atoms with Crippen LogP contribution in [-0.2, 0) is 6.54 Å². The summed E-state index contributed by atoms with van der Waals surface area (Å²) in [5.41, 5.74) is 2.52. The lowest BCUT2D eigenvalue weighted by molar-refractivity contribution is 0.0951. The van der Waals surface area contributed by atoms with Crippen molar-refractivity contribution < 1.29 is 4.79 Å². The van der Waals surface area contributed by atoms with Crippen LogP contribution < -0.4 is 10.2 Å². The van der Waals surface area contributed by atoms with Crippen LogP contribution in [0.15, 0.2) is 61.1 Å². The van der Waals surface area contributed by atoms with E-state index < -0.39 is 0 Å². The van der Waals surface area contributed by atoms with Crippen molar-refractivity contribution >= 4 is 11.7 Å². The standard InChI is InChI=1S/C20H21N5O/c26-20(17-14-23-25(15-17)18-6-2-1-3-7-18)22-13-16-8-9-21-19(12-16)24-10-4-5-11-24/h1-3,6-9,12,14-15H,4-5,10-11,13H2,(H,22,26). The molecule has 4 rings (SSSR count). The van der Waals surface area contributed by atoms with Crippen molar-refractivity contribution in [2.24, 2.45) is 0 Å². The molecule has 132 valence electrons. The summed E-state index contributed by atoms with van der Waals surface area (Å²) in [7, 11) is 0. The minimum atomic E-state index is -0.133. The average Bonchev–Trinajstić information content (AvgIpc) is 3.39. The van der Waals surface area contributed by atoms with Gasteiger partial charge in [0, 0.05) is 32.0 Å². The first kappa shape index (κ1) is 16.3. The molecule has 2 aromatic heterocycles. The molecule has 1 aliphatic heterocycles. The van der Waals surface area contributed by atoms with Crippen molar-refractivity contribution in [3.05, 3.63) is 72.2 Å². The number of nitrogens with one attached hydrogen (secondary N) is 1. The number of rotatable bonds is 5. The van der Waals surface area contributed by atoms with E-state index in [0.29, 0.717) is 12.1 Å². The van der Waals surface area contributed by atoms with E-state index >= 15 is 0 Å². The van der Waals surface area contributed by atoms with E-state index in [1.165, 1.54) is 12.8 Å². The number of benzene rings is 1. The van der Waals surface area contributed by atoms with E-state index in [4.69, 9.17) is 0 Å². The Labute approximate surface area is 152 Å². The Kier molecular flexibility index (Phi) is 4.64. The molecule has 0 aliphatic carbocycles. The molecule has 1 aliphatic rings. The first-order valence-corrected chi connectivity index (χ1v) is 8.88. The fourth-order valence-corrected chi connectivity index (χ4v) is 3.14. The maximum absolute atomic E-state index is 12.4. The van der Waals surface area contributed by atoms with Gasteiger partial charge in [0.1, 0.15) is 5.82 Å². The van der Waals surface area contributed by atoms with Crippen LogP contribution in [-0.4, -0.2) is 33.8 Å². The van der Waals surface area contributed by atoms with Crippen LogP contribution in [0.1, 0.15) is 28.8 Å². The van der Waals surface area contributed by atoms with Crippen LogP contribution in [0, 0.1) is 0 Å². The molecule has 1 N–H and O–H groups in total. The van der Waals surface area contributed by atoms with Gasteiger partial charge >= 0.3 is 0 Å². The zero-order valence-corrected chi connectivity index (χ0v) is 14.5. The molecule has 26 heavy (non-hydrogen) atoms. The number of nitrogens with zero attached hydrogens (tertiary/aromatic N) is 4. The molecular formula is C20H21N5O. The van der Waals surface area contributed by atoms with Crippen LogP contribution >= 0.6 is 0 Å². The lowest BCUT2D eigenvalue weighted by Crippen LogP contribution is -2.23. The average molecular weight is 347 g/mol. The predicted octanol–water partition coefficient (Wildman–Crippen LogP) is 2.80. The van der Waals surface area contributed by atoms with E-state index in [2.05, 4.69) is 26.4 Å². The van der Waals surface area contributed by atoms with E-state index in [-0.39, 0.29) is 5.91 Å². The summed E-state index contributed by atoms with van der Waals surface area (Å²) in [6.45, 7) is 2.58. The van der Waals surface area contributed by atoms with Crippen molar-refractivity contribution in [3.63, 3.8) is 0 Å². The van der Waals surface area contributed by atoms with Gasteiger partial charge in [0.25, 0.3) is 5.91 Å². The number of aromatic nitrogens is 3. The SMILES string of the molecule is O=C(NCc1ccnc(N2CCCC2)c1)c1cnn(-c2ccccc2)c1. The Balaban J connectivity index is 1.40. The normalized spacial score (nSPS) is 13.8.